The Morgan fingerprint density at radius 3 is 2.81 bits per heavy atom. The summed E-state index contributed by atoms with van der Waals surface area (Å²) >= 11 is 0. The number of carbonyl (C=O) groups is 1. The maximum absolute atomic E-state index is 11.7. The summed E-state index contributed by atoms with van der Waals surface area (Å²) in [6.07, 6.45) is 0. The Kier molecular flexibility index (Phi) is 5.03. The van der Waals surface area contributed by atoms with Crippen molar-refractivity contribution < 1.29 is 14.3 Å². The Morgan fingerprint density at radius 2 is 2.19 bits per heavy atom. The normalized spacial score (nSPS) is 20.8. The fourth-order valence-corrected chi connectivity index (χ4v) is 2.79. The first-order chi connectivity index (χ1) is 10.1. The van der Waals surface area contributed by atoms with Crippen molar-refractivity contribution in [2.75, 3.05) is 33.9 Å². The maximum atomic E-state index is 11.7. The highest BCUT2D eigenvalue weighted by Gasteiger charge is 2.32. The number of hydrogen-bond donors (Lipinski definition) is 2. The predicted molar refractivity (Wildman–Crippen MR) is 80.5 cm³/mol. The van der Waals surface area contributed by atoms with Crippen molar-refractivity contribution in [3.05, 3.63) is 23.8 Å². The van der Waals surface area contributed by atoms with Crippen LogP contribution in [0, 0.1) is 0 Å². The molecule has 1 aromatic rings. The van der Waals surface area contributed by atoms with Gasteiger partial charge in [-0.25, -0.2) is 0 Å². The SMILES string of the molecule is COc1ccc(OC)c(C(C)N2CCNCC2C(N)=O)c1. The van der Waals surface area contributed by atoms with E-state index in [9.17, 15) is 4.79 Å². The van der Waals surface area contributed by atoms with E-state index in [1.807, 2.05) is 18.2 Å². The van der Waals surface area contributed by atoms with Crippen LogP contribution < -0.4 is 20.5 Å². The summed E-state index contributed by atoms with van der Waals surface area (Å²) in [7, 11) is 3.27. The number of hydrogen-bond acceptors (Lipinski definition) is 5. The molecular formula is C15H23N3O3. The number of rotatable bonds is 5. The van der Waals surface area contributed by atoms with Crippen molar-refractivity contribution in [2.45, 2.75) is 19.0 Å². The lowest BCUT2D eigenvalue weighted by atomic mass is 10.0. The Bertz CT molecular complexity index is 507. The Hall–Kier alpha value is -1.79. The summed E-state index contributed by atoms with van der Waals surface area (Å²) in [5, 5.41) is 3.21. The highest BCUT2D eigenvalue weighted by Crippen LogP contribution is 2.33. The van der Waals surface area contributed by atoms with Gasteiger partial charge in [0, 0.05) is 31.2 Å². The Balaban J connectivity index is 2.32. The molecule has 3 N–H and O–H groups in total. The van der Waals surface area contributed by atoms with Gasteiger partial charge in [-0.15, -0.1) is 0 Å². The van der Waals surface area contributed by atoms with E-state index >= 15 is 0 Å². The number of carbonyl (C=O) groups excluding carboxylic acids is 1. The summed E-state index contributed by atoms with van der Waals surface area (Å²) in [6.45, 7) is 4.22. The van der Waals surface area contributed by atoms with Crippen molar-refractivity contribution in [3.63, 3.8) is 0 Å². The van der Waals surface area contributed by atoms with Gasteiger partial charge in [0.15, 0.2) is 0 Å². The molecule has 116 valence electrons. The monoisotopic (exact) mass is 293 g/mol. The minimum absolute atomic E-state index is 0.00894. The molecule has 0 saturated carbocycles. The second-order valence-corrected chi connectivity index (χ2v) is 5.14. The number of ether oxygens (including phenoxy) is 2. The van der Waals surface area contributed by atoms with Crippen LogP contribution in [0.1, 0.15) is 18.5 Å². The van der Waals surface area contributed by atoms with Crippen LogP contribution in [-0.2, 0) is 4.79 Å². The lowest BCUT2D eigenvalue weighted by Crippen LogP contribution is -2.57. The molecule has 1 aliphatic rings. The second-order valence-electron chi connectivity index (χ2n) is 5.14. The predicted octanol–water partition coefficient (Wildman–Crippen LogP) is 0.524. The molecule has 1 aliphatic heterocycles. The van der Waals surface area contributed by atoms with Gasteiger partial charge in [-0.2, -0.15) is 0 Å². The Labute approximate surface area is 125 Å². The number of amides is 1. The van der Waals surface area contributed by atoms with Gasteiger partial charge >= 0.3 is 0 Å². The third-order valence-electron chi connectivity index (χ3n) is 4.00. The molecule has 0 spiro atoms. The molecule has 6 nitrogen and oxygen atoms in total. The van der Waals surface area contributed by atoms with Crippen LogP contribution in [0.2, 0.25) is 0 Å². The molecule has 0 aromatic heterocycles. The van der Waals surface area contributed by atoms with E-state index in [0.29, 0.717) is 6.54 Å². The number of nitrogens with zero attached hydrogens (tertiary/aromatic N) is 1. The summed E-state index contributed by atoms with van der Waals surface area (Å²) < 4.78 is 10.7. The topological polar surface area (TPSA) is 76.8 Å². The quantitative estimate of drug-likeness (QED) is 0.828. The largest absolute Gasteiger partial charge is 0.497 e. The minimum atomic E-state index is -0.315. The van der Waals surface area contributed by atoms with Gasteiger partial charge in [0.2, 0.25) is 5.91 Å². The number of primary amides is 1. The fourth-order valence-electron chi connectivity index (χ4n) is 2.79. The van der Waals surface area contributed by atoms with E-state index in [4.69, 9.17) is 15.2 Å². The van der Waals surface area contributed by atoms with Crippen LogP contribution in [-0.4, -0.2) is 50.7 Å². The van der Waals surface area contributed by atoms with Gasteiger partial charge in [0.1, 0.15) is 17.5 Å². The van der Waals surface area contributed by atoms with Gasteiger partial charge in [0.05, 0.1) is 14.2 Å². The number of benzene rings is 1. The van der Waals surface area contributed by atoms with Gasteiger partial charge in [0.25, 0.3) is 0 Å². The first kappa shape index (κ1) is 15.6. The third kappa shape index (κ3) is 3.28. The second kappa shape index (κ2) is 6.78. The van der Waals surface area contributed by atoms with E-state index in [0.717, 1.165) is 30.2 Å². The van der Waals surface area contributed by atoms with Crippen molar-refractivity contribution in [2.24, 2.45) is 5.73 Å². The maximum Gasteiger partial charge on any atom is 0.236 e. The molecule has 1 amide bonds. The summed E-state index contributed by atoms with van der Waals surface area (Å²) in [5.74, 6) is 1.24. The zero-order chi connectivity index (χ0) is 15.4. The molecule has 2 rings (SSSR count). The van der Waals surface area contributed by atoms with Crippen LogP contribution in [0.25, 0.3) is 0 Å². The molecule has 0 aliphatic carbocycles. The van der Waals surface area contributed by atoms with Gasteiger partial charge in [-0.05, 0) is 25.1 Å². The van der Waals surface area contributed by atoms with E-state index in [1.165, 1.54) is 0 Å². The zero-order valence-electron chi connectivity index (χ0n) is 12.8. The highest BCUT2D eigenvalue weighted by molar-refractivity contribution is 5.80. The van der Waals surface area contributed by atoms with Crippen LogP contribution in [0.15, 0.2) is 18.2 Å². The summed E-state index contributed by atoms with van der Waals surface area (Å²) in [6, 6.07) is 5.38. The highest BCUT2D eigenvalue weighted by atomic mass is 16.5. The standard InChI is InChI=1S/C15H23N3O3/c1-10(18-7-6-17-9-13(18)15(16)19)12-8-11(20-2)4-5-14(12)21-3/h4-5,8,10,13,17H,6-7,9H2,1-3H3,(H2,16,19). The van der Waals surface area contributed by atoms with Gasteiger partial charge in [-0.3, -0.25) is 9.69 Å². The first-order valence-corrected chi connectivity index (χ1v) is 7.06. The summed E-state index contributed by atoms with van der Waals surface area (Å²) in [5.41, 5.74) is 6.51. The number of nitrogens with two attached hydrogens (primary N) is 1. The van der Waals surface area contributed by atoms with Crippen molar-refractivity contribution in [1.82, 2.24) is 10.2 Å². The molecule has 1 aromatic carbocycles. The molecular weight excluding hydrogens is 270 g/mol. The van der Waals surface area contributed by atoms with Crippen molar-refractivity contribution in [1.29, 1.82) is 0 Å². The molecule has 0 radical (unpaired) electrons. The van der Waals surface area contributed by atoms with Gasteiger partial charge < -0.3 is 20.5 Å². The molecule has 1 fully saturated rings. The average Bonchev–Trinajstić information content (AvgIpc) is 2.53. The van der Waals surface area contributed by atoms with E-state index in [2.05, 4.69) is 17.1 Å². The lowest BCUT2D eigenvalue weighted by Gasteiger charge is -2.39. The third-order valence-corrected chi connectivity index (χ3v) is 4.00. The average molecular weight is 293 g/mol. The van der Waals surface area contributed by atoms with Crippen LogP contribution in [0.5, 0.6) is 11.5 Å². The first-order valence-electron chi connectivity index (χ1n) is 7.06. The molecule has 1 heterocycles. The molecule has 2 atom stereocenters. The van der Waals surface area contributed by atoms with Crippen molar-refractivity contribution in [3.8, 4) is 11.5 Å². The molecule has 6 heteroatoms. The zero-order valence-corrected chi connectivity index (χ0v) is 12.8. The fraction of sp³-hybridized carbons (Fsp3) is 0.533. The molecule has 2 unspecified atom stereocenters. The molecule has 1 saturated heterocycles. The van der Waals surface area contributed by atoms with Crippen LogP contribution >= 0.6 is 0 Å². The molecule has 0 bridgehead atoms. The molecule has 21 heavy (non-hydrogen) atoms. The number of nitrogens with one attached hydrogen (secondary N) is 1. The number of piperazine rings is 1. The van der Waals surface area contributed by atoms with Crippen molar-refractivity contribution >= 4 is 5.91 Å². The van der Waals surface area contributed by atoms with E-state index in [-0.39, 0.29) is 18.0 Å². The smallest absolute Gasteiger partial charge is 0.236 e. The van der Waals surface area contributed by atoms with E-state index in [1.54, 1.807) is 14.2 Å². The Morgan fingerprint density at radius 1 is 1.43 bits per heavy atom. The summed E-state index contributed by atoms with van der Waals surface area (Å²) in [4.78, 5) is 13.8. The minimum Gasteiger partial charge on any atom is -0.497 e. The van der Waals surface area contributed by atoms with Crippen LogP contribution in [0.3, 0.4) is 0 Å². The van der Waals surface area contributed by atoms with Crippen LogP contribution in [0.4, 0.5) is 0 Å². The van der Waals surface area contributed by atoms with E-state index < -0.39 is 0 Å². The van der Waals surface area contributed by atoms with Gasteiger partial charge in [-0.1, -0.05) is 0 Å². The number of methoxy groups -OCH3 is 2. The lowest BCUT2D eigenvalue weighted by molar-refractivity contribution is -0.124.